The molecule has 0 N–H and O–H groups in total. The molecule has 1 aliphatic carbocycles. The van der Waals surface area contributed by atoms with Crippen molar-refractivity contribution in [3.05, 3.63) is 0 Å². The lowest BCUT2D eigenvalue weighted by Crippen LogP contribution is -2.27. The van der Waals surface area contributed by atoms with E-state index in [1.807, 2.05) is 0 Å². The van der Waals surface area contributed by atoms with Crippen molar-refractivity contribution in [1.82, 2.24) is 0 Å². The van der Waals surface area contributed by atoms with Gasteiger partial charge in [0.2, 0.25) is 0 Å². The Hall–Kier alpha value is -0.330. The third-order valence-electron chi connectivity index (χ3n) is 4.22. The van der Waals surface area contributed by atoms with Gasteiger partial charge in [0.05, 0.1) is 0 Å². The largest absolute Gasteiger partial charge is 0.299 e. The fourth-order valence-corrected chi connectivity index (χ4v) is 2.67. The van der Waals surface area contributed by atoms with E-state index in [-0.39, 0.29) is 5.92 Å². The van der Waals surface area contributed by atoms with E-state index in [1.165, 1.54) is 12.8 Å². The summed E-state index contributed by atoms with van der Waals surface area (Å²) >= 11 is 0. The van der Waals surface area contributed by atoms with Crippen LogP contribution in [0.3, 0.4) is 0 Å². The maximum absolute atomic E-state index is 12.0. The van der Waals surface area contributed by atoms with Crippen molar-refractivity contribution >= 4 is 5.78 Å². The molecule has 1 rings (SSSR count). The van der Waals surface area contributed by atoms with Crippen LogP contribution >= 0.6 is 0 Å². The quantitative estimate of drug-likeness (QED) is 0.683. The third kappa shape index (κ3) is 3.32. The Kier molecular flexibility index (Phi) is 4.82. The van der Waals surface area contributed by atoms with E-state index in [2.05, 4.69) is 27.7 Å². The highest BCUT2D eigenvalue weighted by molar-refractivity contribution is 5.83. The Balaban J connectivity index is 2.40. The summed E-state index contributed by atoms with van der Waals surface area (Å²) in [7, 11) is 0. The number of carbonyl (C=O) groups excluding carboxylic acids is 1. The number of ketones is 1. The fourth-order valence-electron chi connectivity index (χ4n) is 2.67. The van der Waals surface area contributed by atoms with Crippen LogP contribution in [-0.4, -0.2) is 5.78 Å². The monoisotopic (exact) mass is 210 g/mol. The molecule has 0 saturated heterocycles. The van der Waals surface area contributed by atoms with Crippen LogP contribution in [0.5, 0.6) is 0 Å². The molecule has 0 aromatic carbocycles. The molecular formula is C14H26O. The van der Waals surface area contributed by atoms with Crippen LogP contribution in [0.2, 0.25) is 0 Å². The van der Waals surface area contributed by atoms with Crippen molar-refractivity contribution in [2.24, 2.45) is 23.7 Å². The van der Waals surface area contributed by atoms with Gasteiger partial charge in [-0.3, -0.25) is 4.79 Å². The van der Waals surface area contributed by atoms with E-state index in [1.54, 1.807) is 0 Å². The second-order valence-electron chi connectivity index (χ2n) is 5.57. The lowest BCUT2D eigenvalue weighted by Gasteiger charge is -2.31. The maximum Gasteiger partial charge on any atom is 0.138 e. The molecule has 88 valence electrons. The average molecular weight is 210 g/mol. The first-order valence-corrected chi connectivity index (χ1v) is 6.60. The van der Waals surface area contributed by atoms with Crippen molar-refractivity contribution in [3.63, 3.8) is 0 Å². The highest BCUT2D eigenvalue weighted by atomic mass is 16.1. The minimum Gasteiger partial charge on any atom is -0.299 e. The summed E-state index contributed by atoms with van der Waals surface area (Å²) in [4.78, 5) is 12.0. The Morgan fingerprint density at radius 3 is 2.07 bits per heavy atom. The van der Waals surface area contributed by atoms with Crippen molar-refractivity contribution < 1.29 is 4.79 Å². The molecule has 0 amide bonds. The summed E-state index contributed by atoms with van der Waals surface area (Å²) in [6.45, 7) is 8.81. The van der Waals surface area contributed by atoms with Crippen LogP contribution < -0.4 is 0 Å². The minimum absolute atomic E-state index is 0.283. The molecule has 0 heterocycles. The van der Waals surface area contributed by atoms with Gasteiger partial charge in [-0.1, -0.05) is 27.7 Å². The number of Topliss-reactive ketones (excluding diaryl/α,β-unsaturated/α-hetero) is 1. The molecule has 0 spiro atoms. The lowest BCUT2D eigenvalue weighted by molar-refractivity contribution is -0.127. The predicted octanol–water partition coefficient (Wildman–Crippen LogP) is 4.06. The molecule has 0 radical (unpaired) electrons. The summed E-state index contributed by atoms with van der Waals surface area (Å²) in [6.07, 6.45) is 5.83. The highest BCUT2D eigenvalue weighted by Gasteiger charge is 2.29. The topological polar surface area (TPSA) is 17.1 Å². The third-order valence-corrected chi connectivity index (χ3v) is 4.22. The fraction of sp³-hybridized carbons (Fsp3) is 0.929. The molecule has 0 aromatic rings. The maximum atomic E-state index is 12.0. The van der Waals surface area contributed by atoms with Crippen molar-refractivity contribution in [3.8, 4) is 0 Å². The van der Waals surface area contributed by atoms with E-state index >= 15 is 0 Å². The van der Waals surface area contributed by atoms with Crippen LogP contribution in [0.25, 0.3) is 0 Å². The molecule has 0 bridgehead atoms. The molecule has 1 unspecified atom stereocenters. The van der Waals surface area contributed by atoms with Crippen molar-refractivity contribution in [2.45, 2.75) is 59.8 Å². The van der Waals surface area contributed by atoms with Crippen LogP contribution in [0.1, 0.15) is 59.8 Å². The molecule has 1 atom stereocenters. The van der Waals surface area contributed by atoms with E-state index in [0.29, 0.717) is 11.7 Å². The first-order valence-electron chi connectivity index (χ1n) is 6.60. The molecule has 15 heavy (non-hydrogen) atoms. The van der Waals surface area contributed by atoms with Gasteiger partial charge in [0.25, 0.3) is 0 Å². The summed E-state index contributed by atoms with van der Waals surface area (Å²) < 4.78 is 0. The standard InChI is InChI=1S/C14H26O/c1-5-11(4)14(15)13-8-6-12(7-9-13)10(2)3/h10-13H,5-9H2,1-4H3. The van der Waals surface area contributed by atoms with Gasteiger partial charge in [-0.25, -0.2) is 0 Å². The Labute approximate surface area is 94.6 Å². The zero-order valence-corrected chi connectivity index (χ0v) is 10.8. The Bertz CT molecular complexity index is 199. The molecule has 1 heteroatoms. The zero-order chi connectivity index (χ0) is 11.4. The second-order valence-corrected chi connectivity index (χ2v) is 5.57. The molecule has 0 aromatic heterocycles. The number of carbonyl (C=O) groups is 1. The predicted molar refractivity (Wildman–Crippen MR) is 64.7 cm³/mol. The van der Waals surface area contributed by atoms with Crippen molar-refractivity contribution in [2.75, 3.05) is 0 Å². The van der Waals surface area contributed by atoms with E-state index < -0.39 is 0 Å². The van der Waals surface area contributed by atoms with Crippen LogP contribution in [0.15, 0.2) is 0 Å². The molecule has 0 aliphatic heterocycles. The first kappa shape index (κ1) is 12.7. The van der Waals surface area contributed by atoms with Crippen LogP contribution in [0.4, 0.5) is 0 Å². The van der Waals surface area contributed by atoms with E-state index in [9.17, 15) is 4.79 Å². The summed E-state index contributed by atoms with van der Waals surface area (Å²) in [5.41, 5.74) is 0. The van der Waals surface area contributed by atoms with Gasteiger partial charge in [0.1, 0.15) is 5.78 Å². The van der Waals surface area contributed by atoms with Crippen molar-refractivity contribution in [1.29, 1.82) is 0 Å². The molecule has 1 aliphatic rings. The number of hydrogen-bond acceptors (Lipinski definition) is 1. The number of hydrogen-bond donors (Lipinski definition) is 0. The van der Waals surface area contributed by atoms with Gasteiger partial charge in [0, 0.05) is 11.8 Å². The summed E-state index contributed by atoms with van der Waals surface area (Å²) in [6, 6.07) is 0. The highest BCUT2D eigenvalue weighted by Crippen LogP contribution is 2.34. The minimum atomic E-state index is 0.283. The van der Waals surface area contributed by atoms with Crippen LogP contribution in [-0.2, 0) is 4.79 Å². The smallest absolute Gasteiger partial charge is 0.138 e. The van der Waals surface area contributed by atoms with Gasteiger partial charge >= 0.3 is 0 Å². The van der Waals surface area contributed by atoms with Gasteiger partial charge in [0.15, 0.2) is 0 Å². The van der Waals surface area contributed by atoms with Gasteiger partial charge in [-0.2, -0.15) is 0 Å². The first-order chi connectivity index (χ1) is 7.06. The van der Waals surface area contributed by atoms with Gasteiger partial charge in [-0.05, 0) is 43.9 Å². The van der Waals surface area contributed by atoms with E-state index in [0.717, 1.165) is 31.1 Å². The Morgan fingerprint density at radius 1 is 1.13 bits per heavy atom. The molecular weight excluding hydrogens is 184 g/mol. The average Bonchev–Trinajstić information content (AvgIpc) is 2.27. The zero-order valence-electron chi connectivity index (χ0n) is 10.8. The van der Waals surface area contributed by atoms with E-state index in [4.69, 9.17) is 0 Å². The normalized spacial score (nSPS) is 29.1. The molecule has 1 saturated carbocycles. The Morgan fingerprint density at radius 2 is 1.67 bits per heavy atom. The second kappa shape index (κ2) is 5.67. The lowest BCUT2D eigenvalue weighted by atomic mass is 9.74. The number of rotatable bonds is 4. The van der Waals surface area contributed by atoms with Gasteiger partial charge < -0.3 is 0 Å². The van der Waals surface area contributed by atoms with Crippen LogP contribution in [0, 0.1) is 23.7 Å². The summed E-state index contributed by atoms with van der Waals surface area (Å²) in [5, 5.41) is 0. The molecule has 1 nitrogen and oxygen atoms in total. The molecule has 1 fully saturated rings. The summed E-state index contributed by atoms with van der Waals surface area (Å²) in [5.74, 6) is 2.86. The SMILES string of the molecule is CCC(C)C(=O)C1CCC(C(C)C)CC1. The van der Waals surface area contributed by atoms with Gasteiger partial charge in [-0.15, -0.1) is 0 Å².